The molecule has 1 aromatic carbocycles. The molecule has 0 unspecified atom stereocenters. The summed E-state index contributed by atoms with van der Waals surface area (Å²) < 4.78 is 5.61. The number of anilines is 1. The van der Waals surface area contributed by atoms with Crippen LogP contribution in [-0.4, -0.2) is 31.6 Å². The smallest absolute Gasteiger partial charge is 0.228 e. The van der Waals surface area contributed by atoms with Gasteiger partial charge in [-0.25, -0.2) is 0 Å². The molecule has 0 atom stereocenters. The van der Waals surface area contributed by atoms with Crippen LogP contribution in [0.25, 0.3) is 0 Å². The Hall–Kier alpha value is -1.55. The Morgan fingerprint density at radius 3 is 2.63 bits per heavy atom. The Morgan fingerprint density at radius 1 is 1.21 bits per heavy atom. The Balaban J connectivity index is 2.08. The van der Waals surface area contributed by atoms with E-state index in [-0.39, 0.29) is 12.0 Å². The molecule has 0 spiro atoms. The van der Waals surface area contributed by atoms with E-state index >= 15 is 0 Å². The lowest BCUT2D eigenvalue weighted by Crippen LogP contribution is -2.38. The summed E-state index contributed by atoms with van der Waals surface area (Å²) in [4.78, 5) is 14.0. The number of carbonyl (C=O) groups is 1. The summed E-state index contributed by atoms with van der Waals surface area (Å²) in [6, 6.07) is 7.79. The first kappa shape index (κ1) is 13.9. The number of amides is 1. The molecule has 1 aliphatic heterocycles. The van der Waals surface area contributed by atoms with Crippen molar-refractivity contribution in [1.82, 2.24) is 5.32 Å². The molecule has 0 radical (unpaired) electrons. The normalized spacial score (nSPS) is 17.2. The first-order valence-electron chi connectivity index (χ1n) is 6.94. The molecule has 1 amide bonds. The monoisotopic (exact) mass is 262 g/mol. The summed E-state index contributed by atoms with van der Waals surface area (Å²) in [7, 11) is 0. The SMILES string of the molecule is CC(C)Oc1ccc(N2CCCNCCC2=O)cc1. The summed E-state index contributed by atoms with van der Waals surface area (Å²) in [5, 5.41) is 3.25. The summed E-state index contributed by atoms with van der Waals surface area (Å²) >= 11 is 0. The zero-order valence-electron chi connectivity index (χ0n) is 11.7. The van der Waals surface area contributed by atoms with Crippen LogP contribution < -0.4 is 15.0 Å². The van der Waals surface area contributed by atoms with Crippen molar-refractivity contribution in [2.45, 2.75) is 32.8 Å². The van der Waals surface area contributed by atoms with E-state index < -0.39 is 0 Å². The molecular weight excluding hydrogens is 240 g/mol. The van der Waals surface area contributed by atoms with Crippen molar-refractivity contribution in [3.63, 3.8) is 0 Å². The lowest BCUT2D eigenvalue weighted by Gasteiger charge is -2.25. The van der Waals surface area contributed by atoms with Crippen molar-refractivity contribution in [3.05, 3.63) is 24.3 Å². The highest BCUT2D eigenvalue weighted by atomic mass is 16.5. The molecule has 1 aliphatic rings. The molecule has 4 nitrogen and oxygen atoms in total. The van der Waals surface area contributed by atoms with Crippen LogP contribution in [0.2, 0.25) is 0 Å². The van der Waals surface area contributed by atoms with E-state index in [1.165, 1.54) is 0 Å². The fourth-order valence-electron chi connectivity index (χ4n) is 2.19. The van der Waals surface area contributed by atoms with Gasteiger partial charge in [0.05, 0.1) is 6.10 Å². The van der Waals surface area contributed by atoms with Crippen LogP contribution >= 0.6 is 0 Å². The van der Waals surface area contributed by atoms with Gasteiger partial charge in [-0.15, -0.1) is 0 Å². The van der Waals surface area contributed by atoms with Crippen LogP contribution in [-0.2, 0) is 4.79 Å². The Kier molecular flexibility index (Phi) is 4.80. The largest absolute Gasteiger partial charge is 0.491 e. The van der Waals surface area contributed by atoms with Crippen molar-refractivity contribution in [3.8, 4) is 5.75 Å². The van der Waals surface area contributed by atoms with Gasteiger partial charge in [-0.05, 0) is 51.1 Å². The molecule has 0 aromatic heterocycles. The third-order valence-corrected chi connectivity index (χ3v) is 3.07. The van der Waals surface area contributed by atoms with Crippen LogP contribution in [0.3, 0.4) is 0 Å². The van der Waals surface area contributed by atoms with E-state index in [0.717, 1.165) is 37.5 Å². The number of benzene rings is 1. The van der Waals surface area contributed by atoms with E-state index in [9.17, 15) is 4.79 Å². The molecule has 1 saturated heterocycles. The van der Waals surface area contributed by atoms with Crippen molar-refractivity contribution in [2.24, 2.45) is 0 Å². The van der Waals surface area contributed by atoms with Crippen molar-refractivity contribution < 1.29 is 9.53 Å². The molecule has 0 aliphatic carbocycles. The predicted octanol–water partition coefficient (Wildman–Crippen LogP) is 2.19. The summed E-state index contributed by atoms with van der Waals surface area (Å²) in [5.41, 5.74) is 0.961. The lowest BCUT2D eigenvalue weighted by atomic mass is 10.2. The second-order valence-electron chi connectivity index (χ2n) is 5.06. The van der Waals surface area contributed by atoms with Gasteiger partial charge in [0.1, 0.15) is 5.75 Å². The molecule has 1 fully saturated rings. The zero-order valence-corrected chi connectivity index (χ0v) is 11.7. The van der Waals surface area contributed by atoms with E-state index in [0.29, 0.717) is 6.42 Å². The number of rotatable bonds is 3. The van der Waals surface area contributed by atoms with Gasteiger partial charge in [0.25, 0.3) is 0 Å². The van der Waals surface area contributed by atoms with Crippen molar-refractivity contribution in [2.75, 3.05) is 24.5 Å². The van der Waals surface area contributed by atoms with Gasteiger partial charge in [0, 0.05) is 25.2 Å². The van der Waals surface area contributed by atoms with Gasteiger partial charge in [-0.2, -0.15) is 0 Å². The van der Waals surface area contributed by atoms with Gasteiger partial charge in [-0.3, -0.25) is 4.79 Å². The number of nitrogens with one attached hydrogen (secondary N) is 1. The number of carbonyl (C=O) groups excluding carboxylic acids is 1. The zero-order chi connectivity index (χ0) is 13.7. The summed E-state index contributed by atoms with van der Waals surface area (Å²) in [6.45, 7) is 6.52. The first-order valence-corrected chi connectivity index (χ1v) is 6.94. The standard InChI is InChI=1S/C15H22N2O2/c1-12(2)19-14-6-4-13(5-7-14)17-11-3-9-16-10-8-15(17)18/h4-7,12,16H,3,8-11H2,1-2H3. The maximum absolute atomic E-state index is 12.1. The summed E-state index contributed by atoms with van der Waals surface area (Å²) in [5.74, 6) is 1.03. The topological polar surface area (TPSA) is 41.6 Å². The maximum atomic E-state index is 12.1. The molecule has 4 heteroatoms. The average Bonchev–Trinajstić information content (AvgIpc) is 2.35. The minimum atomic E-state index is 0.167. The Morgan fingerprint density at radius 2 is 1.95 bits per heavy atom. The van der Waals surface area contributed by atoms with Gasteiger partial charge in [0.2, 0.25) is 5.91 Å². The predicted molar refractivity (Wildman–Crippen MR) is 76.7 cm³/mol. The number of hydrogen-bond donors (Lipinski definition) is 1. The van der Waals surface area contributed by atoms with Crippen LogP contribution in [0.4, 0.5) is 5.69 Å². The second-order valence-corrected chi connectivity index (χ2v) is 5.06. The highest BCUT2D eigenvalue weighted by Gasteiger charge is 2.16. The molecule has 19 heavy (non-hydrogen) atoms. The van der Waals surface area contributed by atoms with E-state index in [1.54, 1.807) is 0 Å². The quantitative estimate of drug-likeness (QED) is 0.908. The minimum Gasteiger partial charge on any atom is -0.491 e. The van der Waals surface area contributed by atoms with Crippen molar-refractivity contribution >= 4 is 11.6 Å². The third-order valence-electron chi connectivity index (χ3n) is 3.07. The minimum absolute atomic E-state index is 0.167. The molecule has 0 bridgehead atoms. The molecule has 0 saturated carbocycles. The number of nitrogens with zero attached hydrogens (tertiary/aromatic N) is 1. The van der Waals surface area contributed by atoms with Crippen LogP contribution in [0, 0.1) is 0 Å². The maximum Gasteiger partial charge on any atom is 0.228 e. The fourth-order valence-corrected chi connectivity index (χ4v) is 2.19. The first-order chi connectivity index (χ1) is 9.16. The van der Waals surface area contributed by atoms with Crippen LogP contribution in [0.15, 0.2) is 24.3 Å². The van der Waals surface area contributed by atoms with Crippen molar-refractivity contribution in [1.29, 1.82) is 0 Å². The Bertz CT molecular complexity index is 415. The third kappa shape index (κ3) is 3.96. The second kappa shape index (κ2) is 6.57. The molecule has 104 valence electrons. The lowest BCUT2D eigenvalue weighted by molar-refractivity contribution is -0.118. The molecular formula is C15H22N2O2. The highest BCUT2D eigenvalue weighted by Crippen LogP contribution is 2.21. The van der Waals surface area contributed by atoms with Gasteiger partial charge >= 0.3 is 0 Å². The molecule has 2 rings (SSSR count). The van der Waals surface area contributed by atoms with Crippen LogP contribution in [0.5, 0.6) is 5.75 Å². The van der Waals surface area contributed by atoms with E-state index in [4.69, 9.17) is 4.74 Å². The van der Waals surface area contributed by atoms with Crippen LogP contribution in [0.1, 0.15) is 26.7 Å². The number of ether oxygens (including phenoxy) is 1. The van der Waals surface area contributed by atoms with Gasteiger partial charge < -0.3 is 15.0 Å². The highest BCUT2D eigenvalue weighted by molar-refractivity contribution is 5.93. The number of hydrogen-bond acceptors (Lipinski definition) is 3. The van der Waals surface area contributed by atoms with Gasteiger partial charge in [-0.1, -0.05) is 0 Å². The van der Waals surface area contributed by atoms with E-state index in [1.807, 2.05) is 43.0 Å². The Labute approximate surface area is 114 Å². The fraction of sp³-hybridized carbons (Fsp3) is 0.533. The molecule has 1 N–H and O–H groups in total. The average molecular weight is 262 g/mol. The van der Waals surface area contributed by atoms with Gasteiger partial charge in [0.15, 0.2) is 0 Å². The molecule has 1 heterocycles. The van der Waals surface area contributed by atoms with E-state index in [2.05, 4.69) is 5.32 Å². The molecule has 1 aromatic rings. The summed E-state index contributed by atoms with van der Waals surface area (Å²) in [6.07, 6.45) is 1.71.